The fourth-order valence-corrected chi connectivity index (χ4v) is 3.20. The van der Waals surface area contributed by atoms with Gasteiger partial charge in [0.15, 0.2) is 0 Å². The Balaban J connectivity index is 1.63. The summed E-state index contributed by atoms with van der Waals surface area (Å²) in [6, 6.07) is 14.4. The Morgan fingerprint density at radius 1 is 1.11 bits per heavy atom. The molecular formula is C22H25N3O3. The van der Waals surface area contributed by atoms with E-state index in [9.17, 15) is 14.4 Å². The normalized spacial score (nSPS) is 13.7. The highest BCUT2D eigenvalue weighted by atomic mass is 16.2. The summed E-state index contributed by atoms with van der Waals surface area (Å²) in [6.07, 6.45) is 1.70. The summed E-state index contributed by atoms with van der Waals surface area (Å²) in [6.45, 7) is 4.53. The number of benzene rings is 2. The van der Waals surface area contributed by atoms with Crippen molar-refractivity contribution in [2.75, 3.05) is 16.8 Å². The predicted octanol–water partition coefficient (Wildman–Crippen LogP) is 3.13. The summed E-state index contributed by atoms with van der Waals surface area (Å²) in [5.74, 6) is -0.173. The number of amides is 3. The van der Waals surface area contributed by atoms with E-state index < -0.39 is 0 Å². The molecule has 3 amide bonds. The van der Waals surface area contributed by atoms with Gasteiger partial charge in [0.2, 0.25) is 11.8 Å². The molecule has 0 aromatic heterocycles. The Bertz CT molecular complexity index is 875. The molecule has 0 unspecified atom stereocenters. The van der Waals surface area contributed by atoms with Crippen LogP contribution >= 0.6 is 0 Å². The molecule has 2 aromatic rings. The van der Waals surface area contributed by atoms with Gasteiger partial charge in [-0.2, -0.15) is 0 Å². The van der Waals surface area contributed by atoms with Crippen molar-refractivity contribution in [1.29, 1.82) is 0 Å². The monoisotopic (exact) mass is 379 g/mol. The molecule has 2 aromatic carbocycles. The van der Waals surface area contributed by atoms with E-state index in [4.69, 9.17) is 0 Å². The minimum atomic E-state index is -0.237. The average molecular weight is 379 g/mol. The number of anilines is 2. The minimum absolute atomic E-state index is 0.0277. The lowest BCUT2D eigenvalue weighted by Gasteiger charge is -2.16. The first-order chi connectivity index (χ1) is 13.4. The molecule has 6 nitrogen and oxygen atoms in total. The van der Waals surface area contributed by atoms with Gasteiger partial charge in [0.25, 0.3) is 5.91 Å². The van der Waals surface area contributed by atoms with E-state index in [1.54, 1.807) is 35.2 Å². The molecule has 0 radical (unpaired) electrons. The molecule has 0 atom stereocenters. The van der Waals surface area contributed by atoms with Crippen LogP contribution < -0.4 is 15.5 Å². The molecular weight excluding hydrogens is 354 g/mol. The third-order valence-electron chi connectivity index (χ3n) is 4.52. The fourth-order valence-electron chi connectivity index (χ4n) is 3.20. The van der Waals surface area contributed by atoms with Gasteiger partial charge >= 0.3 is 0 Å². The van der Waals surface area contributed by atoms with Crippen molar-refractivity contribution >= 4 is 29.1 Å². The van der Waals surface area contributed by atoms with E-state index in [-0.39, 0.29) is 23.8 Å². The van der Waals surface area contributed by atoms with E-state index in [0.29, 0.717) is 30.6 Å². The molecule has 0 saturated carbocycles. The van der Waals surface area contributed by atoms with Gasteiger partial charge in [-0.3, -0.25) is 14.4 Å². The zero-order valence-electron chi connectivity index (χ0n) is 16.2. The van der Waals surface area contributed by atoms with Crippen molar-refractivity contribution in [3.63, 3.8) is 0 Å². The summed E-state index contributed by atoms with van der Waals surface area (Å²) < 4.78 is 0. The van der Waals surface area contributed by atoms with Crippen LogP contribution in [-0.2, 0) is 16.0 Å². The van der Waals surface area contributed by atoms with Crippen molar-refractivity contribution < 1.29 is 14.4 Å². The van der Waals surface area contributed by atoms with Crippen molar-refractivity contribution in [1.82, 2.24) is 5.32 Å². The molecule has 1 aliphatic rings. The van der Waals surface area contributed by atoms with Crippen molar-refractivity contribution in [3.8, 4) is 0 Å². The lowest BCUT2D eigenvalue weighted by molar-refractivity contribution is -0.121. The van der Waals surface area contributed by atoms with E-state index >= 15 is 0 Å². The summed E-state index contributed by atoms with van der Waals surface area (Å²) in [5, 5.41) is 5.71. The number of hydrogen-bond donors (Lipinski definition) is 2. The minimum Gasteiger partial charge on any atom is -0.354 e. The smallest absolute Gasteiger partial charge is 0.255 e. The fraction of sp³-hybridized carbons (Fsp3) is 0.318. The highest BCUT2D eigenvalue weighted by Crippen LogP contribution is 2.23. The highest BCUT2D eigenvalue weighted by Gasteiger charge is 2.22. The molecule has 0 aliphatic carbocycles. The number of nitrogens with zero attached hydrogens (tertiary/aromatic N) is 1. The van der Waals surface area contributed by atoms with E-state index in [0.717, 1.165) is 17.7 Å². The van der Waals surface area contributed by atoms with Crippen molar-refractivity contribution in [3.05, 3.63) is 59.7 Å². The Kier molecular flexibility index (Phi) is 6.09. The molecule has 1 heterocycles. The van der Waals surface area contributed by atoms with Crippen LogP contribution in [0.25, 0.3) is 0 Å². The number of carbonyl (C=O) groups excluding carboxylic acids is 3. The lowest BCUT2D eigenvalue weighted by atomic mass is 10.1. The topological polar surface area (TPSA) is 78.5 Å². The molecule has 3 rings (SSSR count). The van der Waals surface area contributed by atoms with Gasteiger partial charge in [0, 0.05) is 35.9 Å². The van der Waals surface area contributed by atoms with Gasteiger partial charge in [-0.15, -0.1) is 0 Å². The summed E-state index contributed by atoms with van der Waals surface area (Å²) in [5.41, 5.74) is 2.78. The first-order valence-electron chi connectivity index (χ1n) is 9.52. The zero-order chi connectivity index (χ0) is 20.1. The largest absolute Gasteiger partial charge is 0.354 e. The first-order valence-corrected chi connectivity index (χ1v) is 9.52. The van der Waals surface area contributed by atoms with Crippen LogP contribution in [-0.4, -0.2) is 30.3 Å². The maximum Gasteiger partial charge on any atom is 0.255 e. The SMILES string of the molecule is CC(C)NC(=O)Cc1ccc(NC(=O)c2cccc(N3CCCC3=O)c2)cc1. The Morgan fingerprint density at radius 3 is 2.50 bits per heavy atom. The Labute approximate surface area is 164 Å². The molecule has 2 N–H and O–H groups in total. The van der Waals surface area contributed by atoms with E-state index in [2.05, 4.69) is 10.6 Å². The molecule has 28 heavy (non-hydrogen) atoms. The van der Waals surface area contributed by atoms with E-state index in [1.807, 2.05) is 32.0 Å². The molecule has 1 aliphatic heterocycles. The second-order valence-corrected chi connectivity index (χ2v) is 7.25. The summed E-state index contributed by atoms with van der Waals surface area (Å²) in [7, 11) is 0. The maximum atomic E-state index is 12.6. The maximum absolute atomic E-state index is 12.6. The van der Waals surface area contributed by atoms with Crippen molar-refractivity contribution in [2.24, 2.45) is 0 Å². The van der Waals surface area contributed by atoms with Crippen LogP contribution in [0.2, 0.25) is 0 Å². The predicted molar refractivity (Wildman–Crippen MR) is 109 cm³/mol. The van der Waals surface area contributed by atoms with Crippen LogP contribution in [0.3, 0.4) is 0 Å². The lowest BCUT2D eigenvalue weighted by Crippen LogP contribution is -2.31. The third-order valence-corrected chi connectivity index (χ3v) is 4.52. The molecule has 6 heteroatoms. The van der Waals surface area contributed by atoms with E-state index in [1.165, 1.54) is 0 Å². The summed E-state index contributed by atoms with van der Waals surface area (Å²) in [4.78, 5) is 38.0. The second kappa shape index (κ2) is 8.69. The van der Waals surface area contributed by atoms with Gasteiger partial charge < -0.3 is 15.5 Å². The Morgan fingerprint density at radius 2 is 1.86 bits per heavy atom. The van der Waals surface area contributed by atoms with Crippen molar-refractivity contribution in [2.45, 2.75) is 39.2 Å². The van der Waals surface area contributed by atoms with Crippen LogP contribution in [0.5, 0.6) is 0 Å². The molecule has 0 bridgehead atoms. The highest BCUT2D eigenvalue weighted by molar-refractivity contribution is 6.05. The zero-order valence-corrected chi connectivity index (χ0v) is 16.2. The van der Waals surface area contributed by atoms with Gasteiger partial charge in [-0.1, -0.05) is 18.2 Å². The van der Waals surface area contributed by atoms with Gasteiger partial charge in [0.05, 0.1) is 6.42 Å². The molecule has 1 fully saturated rings. The number of rotatable bonds is 6. The van der Waals surface area contributed by atoms with Crippen LogP contribution in [0, 0.1) is 0 Å². The van der Waals surface area contributed by atoms with Gasteiger partial charge in [0.1, 0.15) is 0 Å². The number of hydrogen-bond acceptors (Lipinski definition) is 3. The molecule has 1 saturated heterocycles. The average Bonchev–Trinajstić information content (AvgIpc) is 3.09. The van der Waals surface area contributed by atoms with Crippen LogP contribution in [0.15, 0.2) is 48.5 Å². The third kappa shape index (κ3) is 4.97. The van der Waals surface area contributed by atoms with Crippen LogP contribution in [0.4, 0.5) is 11.4 Å². The first kappa shape index (κ1) is 19.6. The van der Waals surface area contributed by atoms with Gasteiger partial charge in [-0.25, -0.2) is 0 Å². The standard InChI is InChI=1S/C22H25N3O3/c1-15(2)23-20(26)13-16-8-10-18(11-9-16)24-22(28)17-5-3-6-19(14-17)25-12-4-7-21(25)27/h3,5-6,8-11,14-15H,4,7,12-13H2,1-2H3,(H,23,26)(H,24,28). The molecule has 146 valence electrons. The quantitative estimate of drug-likeness (QED) is 0.809. The number of carbonyl (C=O) groups is 3. The van der Waals surface area contributed by atoms with Crippen LogP contribution in [0.1, 0.15) is 42.6 Å². The summed E-state index contributed by atoms with van der Waals surface area (Å²) >= 11 is 0. The second-order valence-electron chi connectivity index (χ2n) is 7.25. The number of nitrogens with one attached hydrogen (secondary N) is 2. The Hall–Kier alpha value is -3.15. The molecule has 0 spiro atoms. The van der Waals surface area contributed by atoms with Gasteiger partial charge in [-0.05, 0) is 56.2 Å².